The Balaban J connectivity index is 2.05. The van der Waals surface area contributed by atoms with Crippen LogP contribution in [0.1, 0.15) is 43.7 Å². The van der Waals surface area contributed by atoms with Crippen LogP contribution in [0.15, 0.2) is 18.2 Å². The zero-order valence-electron chi connectivity index (χ0n) is 12.9. The summed E-state index contributed by atoms with van der Waals surface area (Å²) in [5.74, 6) is 5.74. The molecule has 1 aliphatic rings. The SMILES string of the molecule is CC1CCCCC1N(C)Cc1ccc(C#CCO)cc1F. The first-order valence-electron chi connectivity index (χ1n) is 7.70. The zero-order chi connectivity index (χ0) is 15.2. The maximum Gasteiger partial charge on any atom is 0.128 e. The number of benzene rings is 1. The van der Waals surface area contributed by atoms with E-state index in [0.717, 1.165) is 0 Å². The Morgan fingerprint density at radius 1 is 1.33 bits per heavy atom. The first-order valence-corrected chi connectivity index (χ1v) is 7.70. The van der Waals surface area contributed by atoms with Crippen LogP contribution < -0.4 is 0 Å². The predicted octanol–water partition coefficient (Wildman–Crippen LogP) is 3.18. The Labute approximate surface area is 127 Å². The summed E-state index contributed by atoms with van der Waals surface area (Å²) < 4.78 is 14.1. The van der Waals surface area contributed by atoms with Gasteiger partial charge in [0.1, 0.15) is 12.4 Å². The fourth-order valence-corrected chi connectivity index (χ4v) is 3.23. The molecule has 114 valence electrons. The smallest absolute Gasteiger partial charge is 0.128 e. The molecule has 2 atom stereocenters. The molecule has 0 aromatic heterocycles. The maximum absolute atomic E-state index is 14.1. The average Bonchev–Trinajstić information content (AvgIpc) is 2.48. The maximum atomic E-state index is 14.1. The minimum atomic E-state index is -0.213. The molecular formula is C18H24FNO. The van der Waals surface area contributed by atoms with Crippen molar-refractivity contribution >= 4 is 0 Å². The monoisotopic (exact) mass is 289 g/mol. The van der Waals surface area contributed by atoms with Gasteiger partial charge >= 0.3 is 0 Å². The Morgan fingerprint density at radius 3 is 2.76 bits per heavy atom. The molecule has 0 saturated heterocycles. The number of aliphatic hydroxyl groups is 1. The lowest BCUT2D eigenvalue weighted by atomic mass is 9.85. The summed E-state index contributed by atoms with van der Waals surface area (Å²) in [6.45, 7) is 2.73. The molecule has 21 heavy (non-hydrogen) atoms. The van der Waals surface area contributed by atoms with E-state index in [1.165, 1.54) is 31.7 Å². The molecule has 3 heteroatoms. The van der Waals surface area contributed by atoms with E-state index in [-0.39, 0.29) is 12.4 Å². The fraction of sp³-hybridized carbons (Fsp3) is 0.556. The average molecular weight is 289 g/mol. The molecule has 1 N–H and O–H groups in total. The summed E-state index contributed by atoms with van der Waals surface area (Å²) in [5.41, 5.74) is 1.32. The number of nitrogens with zero attached hydrogens (tertiary/aromatic N) is 1. The van der Waals surface area contributed by atoms with Crippen LogP contribution in [0, 0.1) is 23.6 Å². The molecule has 2 rings (SSSR count). The third-order valence-electron chi connectivity index (χ3n) is 4.42. The molecule has 1 aromatic rings. The number of halogens is 1. The topological polar surface area (TPSA) is 23.5 Å². The van der Waals surface area contributed by atoms with E-state index in [1.54, 1.807) is 6.07 Å². The van der Waals surface area contributed by atoms with Crippen LogP contribution in [0.4, 0.5) is 4.39 Å². The van der Waals surface area contributed by atoms with Crippen LogP contribution in [0.2, 0.25) is 0 Å². The van der Waals surface area contributed by atoms with Gasteiger partial charge in [0.2, 0.25) is 0 Å². The third-order valence-corrected chi connectivity index (χ3v) is 4.42. The van der Waals surface area contributed by atoms with Crippen molar-refractivity contribution in [3.63, 3.8) is 0 Å². The minimum Gasteiger partial charge on any atom is -0.384 e. The van der Waals surface area contributed by atoms with Gasteiger partial charge < -0.3 is 5.11 Å². The van der Waals surface area contributed by atoms with Crippen molar-refractivity contribution in [2.45, 2.75) is 45.2 Å². The van der Waals surface area contributed by atoms with Crippen LogP contribution in [-0.2, 0) is 6.54 Å². The summed E-state index contributed by atoms with van der Waals surface area (Å²) in [6, 6.07) is 5.63. The second-order valence-electron chi connectivity index (χ2n) is 6.01. The number of aliphatic hydroxyl groups excluding tert-OH is 1. The van der Waals surface area contributed by atoms with Gasteiger partial charge in [0.05, 0.1) is 0 Å². The summed E-state index contributed by atoms with van der Waals surface area (Å²) in [6.07, 6.45) is 5.07. The Hall–Kier alpha value is -1.37. The van der Waals surface area contributed by atoms with E-state index < -0.39 is 0 Å². The predicted molar refractivity (Wildman–Crippen MR) is 83.3 cm³/mol. The standard InChI is InChI=1S/C18H24FNO/c1-14-6-3-4-8-18(14)20(2)13-16-10-9-15(7-5-11-21)12-17(16)19/h9-10,12,14,18,21H,3-4,6,8,11,13H2,1-2H3. The lowest BCUT2D eigenvalue weighted by Gasteiger charge is -2.36. The molecule has 0 heterocycles. The van der Waals surface area contributed by atoms with E-state index >= 15 is 0 Å². The second kappa shape index (κ2) is 7.59. The van der Waals surface area contributed by atoms with Gasteiger partial charge in [0, 0.05) is 23.7 Å². The quantitative estimate of drug-likeness (QED) is 0.864. The minimum absolute atomic E-state index is 0.203. The molecule has 0 aliphatic heterocycles. The van der Waals surface area contributed by atoms with Crippen molar-refractivity contribution in [3.8, 4) is 11.8 Å². The highest BCUT2D eigenvalue weighted by molar-refractivity contribution is 5.37. The van der Waals surface area contributed by atoms with E-state index in [0.29, 0.717) is 29.6 Å². The van der Waals surface area contributed by atoms with Crippen molar-refractivity contribution in [3.05, 3.63) is 35.1 Å². The second-order valence-corrected chi connectivity index (χ2v) is 6.01. The van der Waals surface area contributed by atoms with Gasteiger partial charge in [-0.15, -0.1) is 0 Å². The molecule has 0 amide bonds. The molecular weight excluding hydrogens is 265 g/mol. The van der Waals surface area contributed by atoms with Crippen molar-refractivity contribution in [1.29, 1.82) is 0 Å². The summed E-state index contributed by atoms with van der Waals surface area (Å²) in [4.78, 5) is 2.28. The highest BCUT2D eigenvalue weighted by Crippen LogP contribution is 2.28. The Morgan fingerprint density at radius 2 is 2.10 bits per heavy atom. The van der Waals surface area contributed by atoms with Gasteiger partial charge in [-0.05, 0) is 37.9 Å². The summed E-state index contributed by atoms with van der Waals surface area (Å²) >= 11 is 0. The van der Waals surface area contributed by atoms with Crippen LogP contribution in [0.3, 0.4) is 0 Å². The molecule has 2 nitrogen and oxygen atoms in total. The first kappa shape index (κ1) is 16.0. The molecule has 1 fully saturated rings. The van der Waals surface area contributed by atoms with Crippen molar-refractivity contribution in [2.24, 2.45) is 5.92 Å². The van der Waals surface area contributed by atoms with Crippen LogP contribution in [0.25, 0.3) is 0 Å². The molecule has 0 radical (unpaired) electrons. The van der Waals surface area contributed by atoms with Gasteiger partial charge in [-0.3, -0.25) is 4.90 Å². The Kier molecular flexibility index (Phi) is 5.78. The molecule has 0 bridgehead atoms. The van der Waals surface area contributed by atoms with Crippen LogP contribution in [0.5, 0.6) is 0 Å². The molecule has 2 unspecified atom stereocenters. The van der Waals surface area contributed by atoms with Crippen LogP contribution in [-0.4, -0.2) is 29.7 Å². The van der Waals surface area contributed by atoms with E-state index in [4.69, 9.17) is 5.11 Å². The molecule has 1 saturated carbocycles. The number of rotatable bonds is 3. The third kappa shape index (κ3) is 4.30. The van der Waals surface area contributed by atoms with E-state index in [1.807, 2.05) is 6.07 Å². The van der Waals surface area contributed by atoms with Crippen LogP contribution >= 0.6 is 0 Å². The highest BCUT2D eigenvalue weighted by Gasteiger charge is 2.25. The highest BCUT2D eigenvalue weighted by atomic mass is 19.1. The van der Waals surface area contributed by atoms with E-state index in [9.17, 15) is 4.39 Å². The van der Waals surface area contributed by atoms with Crippen molar-refractivity contribution in [2.75, 3.05) is 13.7 Å². The summed E-state index contributed by atoms with van der Waals surface area (Å²) in [7, 11) is 2.09. The number of hydrogen-bond donors (Lipinski definition) is 1. The van der Waals surface area contributed by atoms with Gasteiger partial charge in [-0.2, -0.15) is 0 Å². The molecule has 0 spiro atoms. The van der Waals surface area contributed by atoms with E-state index in [2.05, 4.69) is 30.7 Å². The summed E-state index contributed by atoms with van der Waals surface area (Å²) in [5, 5.41) is 8.67. The lowest BCUT2D eigenvalue weighted by Crippen LogP contribution is -2.38. The lowest BCUT2D eigenvalue weighted by molar-refractivity contribution is 0.132. The fourth-order valence-electron chi connectivity index (χ4n) is 3.23. The van der Waals surface area contributed by atoms with Gasteiger partial charge in [-0.1, -0.05) is 37.7 Å². The normalized spacial score (nSPS) is 22.0. The van der Waals surface area contributed by atoms with Gasteiger partial charge in [0.15, 0.2) is 0 Å². The number of hydrogen-bond acceptors (Lipinski definition) is 2. The molecule has 1 aromatic carbocycles. The zero-order valence-corrected chi connectivity index (χ0v) is 12.9. The van der Waals surface area contributed by atoms with Gasteiger partial charge in [0.25, 0.3) is 0 Å². The first-order chi connectivity index (χ1) is 10.1. The Bertz CT molecular complexity index is 532. The molecule has 1 aliphatic carbocycles. The van der Waals surface area contributed by atoms with Crippen molar-refractivity contribution < 1.29 is 9.50 Å². The van der Waals surface area contributed by atoms with Crippen molar-refractivity contribution in [1.82, 2.24) is 4.90 Å². The largest absolute Gasteiger partial charge is 0.384 e. The van der Waals surface area contributed by atoms with Gasteiger partial charge in [-0.25, -0.2) is 4.39 Å².